The van der Waals surface area contributed by atoms with Gasteiger partial charge < -0.3 is 24.0 Å². The second-order valence-corrected chi connectivity index (χ2v) is 14.1. The van der Waals surface area contributed by atoms with Gasteiger partial charge in [0.25, 0.3) is 5.56 Å². The largest absolute Gasteiger partial charge is 0.497 e. The van der Waals surface area contributed by atoms with E-state index in [2.05, 4.69) is 14.9 Å². The van der Waals surface area contributed by atoms with E-state index in [1.165, 1.54) is 10.9 Å². The van der Waals surface area contributed by atoms with Gasteiger partial charge in [-0.05, 0) is 91.0 Å². The van der Waals surface area contributed by atoms with Crippen molar-refractivity contribution >= 4 is 28.7 Å². The van der Waals surface area contributed by atoms with Gasteiger partial charge in [-0.3, -0.25) is 9.36 Å². The number of ether oxygens (including phenoxy) is 3. The lowest BCUT2D eigenvalue weighted by atomic mass is 9.97. The molecule has 3 heterocycles. The Morgan fingerprint density at radius 2 is 1.72 bits per heavy atom. The molecule has 1 aliphatic heterocycles. The van der Waals surface area contributed by atoms with Gasteiger partial charge in [0.1, 0.15) is 31.0 Å². The molecule has 1 amide bonds. The Labute approximate surface area is 319 Å². The van der Waals surface area contributed by atoms with Crippen molar-refractivity contribution in [1.29, 1.82) is 0 Å². The first-order valence-corrected chi connectivity index (χ1v) is 18.3. The second kappa shape index (κ2) is 16.5. The lowest BCUT2D eigenvalue weighted by molar-refractivity contribution is 0.0856. The number of halogens is 1. The van der Waals surface area contributed by atoms with Crippen LogP contribution in [-0.4, -0.2) is 63.7 Å². The molecule has 10 nitrogen and oxygen atoms in total. The normalized spacial score (nSPS) is 14.1. The SMILES string of the molecule is COc1ccc(COc2cccc(-n3cnc4ncc(-c5cc(C)cc(Cl)c5)c(CN(C)C[C@@H]5CCCN5C(=O)OCc5ccccc5)c4c3=O)c2)cc1. The zero-order valence-electron chi connectivity index (χ0n) is 30.6. The molecule has 0 saturated carbocycles. The van der Waals surface area contributed by atoms with E-state index < -0.39 is 0 Å². The van der Waals surface area contributed by atoms with Gasteiger partial charge >= 0.3 is 6.09 Å². The molecule has 54 heavy (non-hydrogen) atoms. The highest BCUT2D eigenvalue weighted by Crippen LogP contribution is 2.32. The Morgan fingerprint density at radius 1 is 0.926 bits per heavy atom. The molecule has 0 radical (unpaired) electrons. The maximum absolute atomic E-state index is 14.6. The van der Waals surface area contributed by atoms with Gasteiger partial charge in [0.2, 0.25) is 0 Å². The molecule has 0 unspecified atom stereocenters. The molecule has 7 rings (SSSR count). The molecule has 0 N–H and O–H groups in total. The van der Waals surface area contributed by atoms with E-state index in [1.54, 1.807) is 13.3 Å². The third kappa shape index (κ3) is 8.40. The van der Waals surface area contributed by atoms with Crippen molar-refractivity contribution < 1.29 is 19.0 Å². The summed E-state index contributed by atoms with van der Waals surface area (Å²) in [6, 6.07) is 30.5. The van der Waals surface area contributed by atoms with Crippen molar-refractivity contribution in [2.45, 2.75) is 45.6 Å². The minimum absolute atomic E-state index is 0.0429. The second-order valence-electron chi connectivity index (χ2n) is 13.6. The standard InChI is InChI=1S/C43H42ClN5O5/c1-29-19-32(21-33(44)20-29)38-23-45-41-40(39(38)25-47(2)24-35-12-8-18-48(35)43(51)54-27-30-9-5-4-6-10-30)42(50)49(28-46-41)34-11-7-13-37(22-34)53-26-31-14-16-36(52-3)17-15-31/h4-7,9-11,13-17,19-23,28,35H,8,12,18,24-27H2,1-3H3/t35-/m0/s1. The Hall–Kier alpha value is -5.71. The number of hydrogen-bond donors (Lipinski definition) is 0. The lowest BCUT2D eigenvalue weighted by Gasteiger charge is -2.29. The zero-order chi connectivity index (χ0) is 37.6. The smallest absolute Gasteiger partial charge is 0.410 e. The zero-order valence-corrected chi connectivity index (χ0v) is 31.3. The van der Waals surface area contributed by atoms with E-state index in [0.29, 0.717) is 53.7 Å². The number of carbonyl (C=O) groups is 1. The summed E-state index contributed by atoms with van der Waals surface area (Å²) >= 11 is 6.55. The van der Waals surface area contributed by atoms with Gasteiger partial charge in [-0.2, -0.15) is 0 Å². The van der Waals surface area contributed by atoms with Gasteiger partial charge in [-0.25, -0.2) is 14.8 Å². The molecular formula is C43H42ClN5O5. The highest BCUT2D eigenvalue weighted by molar-refractivity contribution is 6.31. The Balaban J connectivity index is 1.19. The van der Waals surface area contributed by atoms with Crippen LogP contribution in [0.25, 0.3) is 27.8 Å². The maximum atomic E-state index is 14.6. The number of likely N-dealkylation sites (tertiary alicyclic amines) is 1. The van der Waals surface area contributed by atoms with Gasteiger partial charge in [-0.1, -0.05) is 66.2 Å². The van der Waals surface area contributed by atoms with E-state index in [1.807, 2.05) is 116 Å². The number of fused-ring (bicyclic) bond motifs is 1. The van der Waals surface area contributed by atoms with Crippen LogP contribution in [0, 0.1) is 6.92 Å². The summed E-state index contributed by atoms with van der Waals surface area (Å²) in [6.07, 6.45) is 4.70. The third-order valence-electron chi connectivity index (χ3n) is 9.68. The fourth-order valence-electron chi connectivity index (χ4n) is 7.01. The quantitative estimate of drug-likeness (QED) is 0.124. The number of hydrogen-bond acceptors (Lipinski definition) is 8. The van der Waals surface area contributed by atoms with Crippen LogP contribution < -0.4 is 15.0 Å². The molecule has 1 saturated heterocycles. The van der Waals surface area contributed by atoms with Gasteiger partial charge in [0.15, 0.2) is 5.65 Å². The first-order chi connectivity index (χ1) is 26.2. The average molecular weight is 744 g/mol. The predicted molar refractivity (Wildman–Crippen MR) is 210 cm³/mol. The number of rotatable bonds is 12. The number of pyridine rings is 1. The number of aromatic nitrogens is 3. The minimum Gasteiger partial charge on any atom is -0.497 e. The number of aryl methyl sites for hydroxylation is 1. The van der Waals surface area contributed by atoms with Crippen LogP contribution in [0.5, 0.6) is 11.5 Å². The van der Waals surface area contributed by atoms with Crippen LogP contribution in [-0.2, 0) is 24.5 Å². The number of benzene rings is 4. The van der Waals surface area contributed by atoms with Crippen molar-refractivity contribution in [3.8, 4) is 28.3 Å². The average Bonchev–Trinajstić information content (AvgIpc) is 3.64. The van der Waals surface area contributed by atoms with Gasteiger partial charge in [0.05, 0.1) is 18.2 Å². The summed E-state index contributed by atoms with van der Waals surface area (Å²) in [7, 11) is 3.64. The van der Waals surface area contributed by atoms with E-state index in [9.17, 15) is 9.59 Å². The third-order valence-corrected chi connectivity index (χ3v) is 9.89. The first-order valence-electron chi connectivity index (χ1n) is 17.9. The number of carbonyl (C=O) groups excluding carboxylic acids is 1. The lowest BCUT2D eigenvalue weighted by Crippen LogP contribution is -2.42. The van der Waals surface area contributed by atoms with Gasteiger partial charge in [-0.15, -0.1) is 0 Å². The van der Waals surface area contributed by atoms with Crippen LogP contribution in [0.2, 0.25) is 5.02 Å². The maximum Gasteiger partial charge on any atom is 0.410 e. The van der Waals surface area contributed by atoms with Gasteiger partial charge in [0, 0.05) is 48.5 Å². The van der Waals surface area contributed by atoms with E-state index in [0.717, 1.165) is 52.0 Å². The highest BCUT2D eigenvalue weighted by Gasteiger charge is 2.31. The molecule has 1 aliphatic rings. The molecule has 1 fully saturated rings. The van der Waals surface area contributed by atoms with Crippen molar-refractivity contribution in [2.24, 2.45) is 0 Å². The summed E-state index contributed by atoms with van der Waals surface area (Å²) in [4.78, 5) is 41.1. The monoisotopic (exact) mass is 743 g/mol. The molecule has 0 spiro atoms. The Kier molecular flexibility index (Phi) is 11.2. The number of amides is 1. The van der Waals surface area contributed by atoms with E-state index in [4.69, 9.17) is 25.8 Å². The summed E-state index contributed by atoms with van der Waals surface area (Å²) in [5.41, 5.74) is 6.05. The summed E-state index contributed by atoms with van der Waals surface area (Å²) in [5.74, 6) is 1.39. The molecule has 0 aliphatic carbocycles. The number of nitrogens with zero attached hydrogens (tertiary/aromatic N) is 5. The molecule has 4 aromatic carbocycles. The van der Waals surface area contributed by atoms with Crippen molar-refractivity contribution in [3.63, 3.8) is 0 Å². The molecular weight excluding hydrogens is 702 g/mol. The highest BCUT2D eigenvalue weighted by atomic mass is 35.5. The number of likely N-dealkylation sites (N-methyl/N-ethyl adjacent to an activating group) is 1. The molecule has 0 bridgehead atoms. The number of methoxy groups -OCH3 is 1. The van der Waals surface area contributed by atoms with Crippen molar-refractivity contribution in [1.82, 2.24) is 24.3 Å². The van der Waals surface area contributed by atoms with E-state index >= 15 is 0 Å². The topological polar surface area (TPSA) is 99.0 Å². The summed E-state index contributed by atoms with van der Waals surface area (Å²) in [5, 5.41) is 1.00. The Bertz CT molecular complexity index is 2290. The molecule has 11 heteroatoms. The Morgan fingerprint density at radius 3 is 2.50 bits per heavy atom. The van der Waals surface area contributed by atoms with Crippen LogP contribution >= 0.6 is 11.6 Å². The molecule has 276 valence electrons. The summed E-state index contributed by atoms with van der Waals surface area (Å²) in [6.45, 7) is 4.18. The molecule has 1 atom stereocenters. The van der Waals surface area contributed by atoms with Crippen LogP contribution in [0.3, 0.4) is 0 Å². The fourth-order valence-corrected chi connectivity index (χ4v) is 7.30. The van der Waals surface area contributed by atoms with Crippen LogP contribution in [0.15, 0.2) is 114 Å². The summed E-state index contributed by atoms with van der Waals surface area (Å²) < 4.78 is 18.6. The van der Waals surface area contributed by atoms with Crippen molar-refractivity contribution in [2.75, 3.05) is 27.2 Å². The van der Waals surface area contributed by atoms with E-state index in [-0.39, 0.29) is 24.3 Å². The predicted octanol–water partition coefficient (Wildman–Crippen LogP) is 8.23. The van der Waals surface area contributed by atoms with Crippen LogP contribution in [0.4, 0.5) is 4.79 Å². The first kappa shape index (κ1) is 36.6. The molecule has 6 aromatic rings. The minimum atomic E-state index is -0.318. The van der Waals surface area contributed by atoms with Crippen molar-refractivity contribution in [3.05, 3.63) is 147 Å². The molecule has 2 aromatic heterocycles. The fraction of sp³-hybridized carbons (Fsp3) is 0.256. The van der Waals surface area contributed by atoms with Crippen LogP contribution in [0.1, 0.15) is 35.1 Å².